The summed E-state index contributed by atoms with van der Waals surface area (Å²) in [7, 11) is 0. The number of hydrogen-bond donors (Lipinski definition) is 1. The van der Waals surface area contributed by atoms with Gasteiger partial charge < -0.3 is 9.73 Å². The summed E-state index contributed by atoms with van der Waals surface area (Å²) < 4.78 is 7.00. The van der Waals surface area contributed by atoms with Gasteiger partial charge in [0.05, 0.1) is 0 Å². The van der Waals surface area contributed by atoms with Crippen LogP contribution in [-0.4, -0.2) is 43.6 Å². The van der Waals surface area contributed by atoms with Gasteiger partial charge in [0.25, 0.3) is 0 Å². The van der Waals surface area contributed by atoms with Crippen LogP contribution in [0.2, 0.25) is 0 Å². The van der Waals surface area contributed by atoms with Gasteiger partial charge in [-0.25, -0.2) is 4.68 Å². The molecule has 0 aliphatic heterocycles. The topological polar surface area (TPSA) is 106 Å². The van der Waals surface area contributed by atoms with Crippen molar-refractivity contribution in [1.82, 2.24) is 25.5 Å². The summed E-state index contributed by atoms with van der Waals surface area (Å²) in [4.78, 5) is 28.2. The lowest BCUT2D eigenvalue weighted by atomic mass is 10.1. The highest BCUT2D eigenvalue weighted by molar-refractivity contribution is 6.00. The number of furan rings is 1. The number of anilines is 1. The molecule has 1 aromatic carbocycles. The predicted molar refractivity (Wildman–Crippen MR) is 121 cm³/mol. The Morgan fingerprint density at radius 3 is 2.38 bits per heavy atom. The summed E-state index contributed by atoms with van der Waals surface area (Å²) in [6.45, 7) is 11.3. The lowest BCUT2D eigenvalue weighted by molar-refractivity contribution is -0.127. The number of rotatable bonds is 7. The van der Waals surface area contributed by atoms with Crippen molar-refractivity contribution in [3.8, 4) is 11.6 Å². The van der Waals surface area contributed by atoms with Gasteiger partial charge in [-0.2, -0.15) is 0 Å². The number of aromatic nitrogens is 4. The van der Waals surface area contributed by atoms with E-state index in [1.165, 1.54) is 9.58 Å². The highest BCUT2D eigenvalue weighted by Crippen LogP contribution is 2.23. The number of carbonyl (C=O) groups excluding carboxylic acids is 2. The molecule has 1 N–H and O–H groups in total. The van der Waals surface area contributed by atoms with Crippen LogP contribution in [0.15, 0.2) is 40.8 Å². The number of hydrogen-bond acceptors (Lipinski definition) is 6. The summed E-state index contributed by atoms with van der Waals surface area (Å²) >= 11 is 0. The van der Waals surface area contributed by atoms with E-state index in [4.69, 9.17) is 4.42 Å². The van der Waals surface area contributed by atoms with E-state index in [0.717, 1.165) is 5.56 Å². The van der Waals surface area contributed by atoms with Gasteiger partial charge in [-0.05, 0) is 75.7 Å². The van der Waals surface area contributed by atoms with Crippen LogP contribution in [0.1, 0.15) is 45.4 Å². The first-order valence-corrected chi connectivity index (χ1v) is 10.6. The molecular formula is C23H30N6O3. The predicted octanol–water partition coefficient (Wildman–Crippen LogP) is 3.28. The second-order valence-electron chi connectivity index (χ2n) is 8.83. The van der Waals surface area contributed by atoms with Gasteiger partial charge in [0.1, 0.15) is 18.3 Å². The third-order valence-corrected chi connectivity index (χ3v) is 4.86. The van der Waals surface area contributed by atoms with E-state index >= 15 is 0 Å². The van der Waals surface area contributed by atoms with E-state index < -0.39 is 11.6 Å². The molecule has 2 aromatic heterocycles. The maximum Gasteiger partial charge on any atom is 0.249 e. The fraction of sp³-hybridized carbons (Fsp3) is 0.435. The van der Waals surface area contributed by atoms with Crippen molar-refractivity contribution in [2.24, 2.45) is 0 Å². The summed E-state index contributed by atoms with van der Waals surface area (Å²) in [5.74, 6) is 1.02. The van der Waals surface area contributed by atoms with E-state index in [1.54, 1.807) is 12.1 Å². The molecule has 1 unspecified atom stereocenters. The van der Waals surface area contributed by atoms with Crippen molar-refractivity contribution in [3.63, 3.8) is 0 Å². The van der Waals surface area contributed by atoms with E-state index in [1.807, 2.05) is 65.8 Å². The molecule has 0 saturated heterocycles. The second-order valence-corrected chi connectivity index (χ2v) is 8.83. The van der Waals surface area contributed by atoms with E-state index in [0.29, 0.717) is 29.5 Å². The lowest BCUT2D eigenvalue weighted by Gasteiger charge is -2.33. The summed E-state index contributed by atoms with van der Waals surface area (Å²) in [5.41, 5.74) is 1.27. The molecule has 0 radical (unpaired) electrons. The van der Waals surface area contributed by atoms with Crippen LogP contribution >= 0.6 is 0 Å². The molecule has 0 saturated carbocycles. The molecule has 0 bridgehead atoms. The van der Waals surface area contributed by atoms with E-state index in [2.05, 4.69) is 20.8 Å². The van der Waals surface area contributed by atoms with Gasteiger partial charge in [-0.3, -0.25) is 14.5 Å². The Kier molecular flexibility index (Phi) is 6.76. The Hall–Kier alpha value is -3.49. The van der Waals surface area contributed by atoms with Crippen molar-refractivity contribution in [3.05, 3.63) is 47.7 Å². The Bertz CT molecular complexity index is 1080. The van der Waals surface area contributed by atoms with E-state index in [9.17, 15) is 9.59 Å². The molecule has 1 atom stereocenters. The minimum atomic E-state index is -0.685. The van der Waals surface area contributed by atoms with Crippen LogP contribution in [0.3, 0.4) is 0 Å². The quantitative estimate of drug-likeness (QED) is 0.607. The maximum absolute atomic E-state index is 13.6. The molecule has 9 heteroatoms. The number of benzene rings is 1. The second kappa shape index (κ2) is 9.33. The van der Waals surface area contributed by atoms with Gasteiger partial charge in [-0.1, -0.05) is 24.6 Å². The minimum Gasteiger partial charge on any atom is -0.458 e. The van der Waals surface area contributed by atoms with Crippen molar-refractivity contribution >= 4 is 17.5 Å². The van der Waals surface area contributed by atoms with Crippen LogP contribution in [0, 0.1) is 13.8 Å². The summed E-state index contributed by atoms with van der Waals surface area (Å²) in [6.07, 6.45) is 0.446. The average molecular weight is 439 g/mol. The first kappa shape index (κ1) is 23.2. The fourth-order valence-corrected chi connectivity index (χ4v) is 3.39. The number of tetrazole rings is 1. The Morgan fingerprint density at radius 1 is 1.12 bits per heavy atom. The Labute approximate surface area is 187 Å². The summed E-state index contributed by atoms with van der Waals surface area (Å²) in [5, 5.41) is 14.7. The first-order valence-electron chi connectivity index (χ1n) is 10.6. The molecule has 3 aromatic rings. The smallest absolute Gasteiger partial charge is 0.249 e. The van der Waals surface area contributed by atoms with Gasteiger partial charge in [-0.15, -0.1) is 5.10 Å². The van der Waals surface area contributed by atoms with E-state index in [-0.39, 0.29) is 18.4 Å². The Morgan fingerprint density at radius 2 is 1.81 bits per heavy atom. The van der Waals surface area contributed by atoms with Crippen molar-refractivity contribution in [1.29, 1.82) is 0 Å². The van der Waals surface area contributed by atoms with Crippen LogP contribution in [0.5, 0.6) is 0 Å². The van der Waals surface area contributed by atoms with Gasteiger partial charge in [0.15, 0.2) is 5.76 Å². The fourth-order valence-electron chi connectivity index (χ4n) is 3.39. The van der Waals surface area contributed by atoms with Crippen LogP contribution in [0.4, 0.5) is 5.69 Å². The largest absolute Gasteiger partial charge is 0.458 e. The molecule has 32 heavy (non-hydrogen) atoms. The minimum absolute atomic E-state index is 0.144. The zero-order valence-electron chi connectivity index (χ0n) is 19.4. The van der Waals surface area contributed by atoms with Gasteiger partial charge in [0.2, 0.25) is 17.6 Å². The van der Waals surface area contributed by atoms with Gasteiger partial charge in [0, 0.05) is 11.2 Å². The standard InChI is InChI=1S/C23H30N6O3/c1-7-18(22(31)24-23(4,5)6)29(17-11-8-15(2)9-12-17)20(30)14-28-21(25-26-27-28)19-13-10-16(3)32-19/h8-13,18H,7,14H2,1-6H3,(H,24,31). The molecular weight excluding hydrogens is 408 g/mol. The average Bonchev–Trinajstić information content (AvgIpc) is 3.34. The normalized spacial score (nSPS) is 12.4. The molecule has 0 fully saturated rings. The number of amides is 2. The number of aryl methyl sites for hydroxylation is 2. The van der Waals surface area contributed by atoms with Gasteiger partial charge >= 0.3 is 0 Å². The number of nitrogens with one attached hydrogen (secondary N) is 1. The molecule has 9 nitrogen and oxygen atoms in total. The van der Waals surface area contributed by atoms with Crippen molar-refractivity contribution in [2.45, 2.75) is 66.1 Å². The van der Waals surface area contributed by atoms with Crippen LogP contribution < -0.4 is 10.2 Å². The number of carbonyl (C=O) groups is 2. The van der Waals surface area contributed by atoms with Crippen LogP contribution in [0.25, 0.3) is 11.6 Å². The van der Waals surface area contributed by atoms with Crippen molar-refractivity contribution < 1.29 is 14.0 Å². The van der Waals surface area contributed by atoms with Crippen molar-refractivity contribution in [2.75, 3.05) is 4.90 Å². The highest BCUT2D eigenvalue weighted by Gasteiger charge is 2.32. The molecule has 2 amide bonds. The third kappa shape index (κ3) is 5.40. The maximum atomic E-state index is 13.6. The highest BCUT2D eigenvalue weighted by atomic mass is 16.3. The summed E-state index contributed by atoms with van der Waals surface area (Å²) in [6, 6.07) is 10.4. The molecule has 3 rings (SSSR count). The first-order chi connectivity index (χ1) is 15.1. The zero-order valence-corrected chi connectivity index (χ0v) is 19.4. The number of nitrogens with zero attached hydrogens (tertiary/aromatic N) is 5. The zero-order chi connectivity index (χ0) is 23.5. The molecule has 2 heterocycles. The SMILES string of the molecule is CCC(C(=O)NC(C)(C)C)N(C(=O)Cn1nnnc1-c1ccc(C)o1)c1ccc(C)cc1. The molecule has 0 aliphatic carbocycles. The lowest BCUT2D eigenvalue weighted by Crippen LogP contribution is -2.54. The van der Waals surface area contributed by atoms with Crippen LogP contribution in [-0.2, 0) is 16.1 Å². The Balaban J connectivity index is 1.95. The monoisotopic (exact) mass is 438 g/mol. The molecule has 0 aliphatic rings. The molecule has 0 spiro atoms. The molecule has 170 valence electrons. The third-order valence-electron chi connectivity index (χ3n) is 4.86.